The van der Waals surface area contributed by atoms with Crippen LogP contribution < -0.4 is 15.8 Å². The van der Waals surface area contributed by atoms with Crippen molar-refractivity contribution < 1.29 is 13.2 Å². The summed E-state index contributed by atoms with van der Waals surface area (Å²) in [6.07, 6.45) is 7.66. The molecule has 0 spiro atoms. The number of carbonyl (C=O) groups is 1. The third kappa shape index (κ3) is 5.89. The van der Waals surface area contributed by atoms with Gasteiger partial charge in [-0.25, -0.2) is 13.1 Å². The van der Waals surface area contributed by atoms with Crippen LogP contribution in [0.15, 0.2) is 29.2 Å². The molecule has 0 heterocycles. The standard InChI is InChI=1S/C17H27N3O3S/c18-11-12-19-24(22,23)16-8-4-7-15(13-16)20-17(21)10-9-14-5-2-1-3-6-14/h4,7-8,13-14,19H,1-3,5-6,9-12,18H2,(H,20,21). The Bertz CT molecular complexity index is 640. The second-order valence-electron chi connectivity index (χ2n) is 6.31. The summed E-state index contributed by atoms with van der Waals surface area (Å²) in [5.74, 6) is 0.585. The van der Waals surface area contributed by atoms with Gasteiger partial charge in [0.1, 0.15) is 0 Å². The number of nitrogens with two attached hydrogens (primary N) is 1. The van der Waals surface area contributed by atoms with Crippen LogP contribution in [0.1, 0.15) is 44.9 Å². The maximum absolute atomic E-state index is 12.1. The van der Waals surface area contributed by atoms with E-state index in [0.29, 0.717) is 18.0 Å². The molecule has 1 aromatic carbocycles. The number of sulfonamides is 1. The molecule has 4 N–H and O–H groups in total. The molecule has 1 fully saturated rings. The van der Waals surface area contributed by atoms with Gasteiger partial charge in [0.2, 0.25) is 15.9 Å². The molecule has 1 saturated carbocycles. The molecule has 1 aliphatic carbocycles. The Morgan fingerprint density at radius 1 is 1.21 bits per heavy atom. The number of rotatable bonds is 8. The molecule has 0 saturated heterocycles. The average molecular weight is 353 g/mol. The summed E-state index contributed by atoms with van der Waals surface area (Å²) in [5, 5.41) is 2.79. The van der Waals surface area contributed by atoms with E-state index in [4.69, 9.17) is 5.73 Å². The second kappa shape index (κ2) is 9.15. The van der Waals surface area contributed by atoms with Crippen molar-refractivity contribution in [1.82, 2.24) is 4.72 Å². The summed E-state index contributed by atoms with van der Waals surface area (Å²) in [5.41, 5.74) is 5.82. The maximum Gasteiger partial charge on any atom is 0.240 e. The first kappa shape index (κ1) is 18.9. The highest BCUT2D eigenvalue weighted by atomic mass is 32.2. The lowest BCUT2D eigenvalue weighted by Crippen LogP contribution is -2.29. The highest BCUT2D eigenvalue weighted by Gasteiger charge is 2.16. The lowest BCUT2D eigenvalue weighted by Gasteiger charge is -2.21. The summed E-state index contributed by atoms with van der Waals surface area (Å²) in [6, 6.07) is 6.28. The minimum atomic E-state index is -3.59. The van der Waals surface area contributed by atoms with Crippen LogP contribution in [0.2, 0.25) is 0 Å². The summed E-state index contributed by atoms with van der Waals surface area (Å²) in [6.45, 7) is 0.414. The van der Waals surface area contributed by atoms with Crippen LogP contribution in [-0.2, 0) is 14.8 Å². The molecule has 0 radical (unpaired) electrons. The van der Waals surface area contributed by atoms with Gasteiger partial charge in [0.05, 0.1) is 4.90 Å². The fraction of sp³-hybridized carbons (Fsp3) is 0.588. The van der Waals surface area contributed by atoms with Gasteiger partial charge in [-0.2, -0.15) is 0 Å². The third-order valence-corrected chi connectivity index (χ3v) is 5.83. The number of nitrogens with one attached hydrogen (secondary N) is 2. The van der Waals surface area contributed by atoms with Gasteiger partial charge in [0, 0.05) is 25.2 Å². The number of benzene rings is 1. The van der Waals surface area contributed by atoms with E-state index in [1.165, 1.54) is 44.2 Å². The van der Waals surface area contributed by atoms with Crippen LogP contribution in [0.4, 0.5) is 5.69 Å². The van der Waals surface area contributed by atoms with Gasteiger partial charge < -0.3 is 11.1 Å². The Kier molecular flexibility index (Phi) is 7.20. The van der Waals surface area contributed by atoms with E-state index in [9.17, 15) is 13.2 Å². The van der Waals surface area contributed by atoms with Crippen molar-refractivity contribution in [1.29, 1.82) is 0 Å². The molecule has 1 aliphatic rings. The molecule has 7 heteroatoms. The van der Waals surface area contributed by atoms with Gasteiger partial charge in [-0.05, 0) is 30.5 Å². The largest absolute Gasteiger partial charge is 0.329 e. The number of carbonyl (C=O) groups excluding carboxylic acids is 1. The van der Waals surface area contributed by atoms with Crippen LogP contribution in [0, 0.1) is 5.92 Å². The van der Waals surface area contributed by atoms with E-state index in [0.717, 1.165) is 6.42 Å². The lowest BCUT2D eigenvalue weighted by atomic mass is 9.86. The molecule has 0 atom stereocenters. The Labute approximate surface area is 144 Å². The van der Waals surface area contributed by atoms with E-state index in [1.54, 1.807) is 12.1 Å². The van der Waals surface area contributed by atoms with E-state index >= 15 is 0 Å². The van der Waals surface area contributed by atoms with Crippen LogP contribution in [0.5, 0.6) is 0 Å². The van der Waals surface area contributed by atoms with Crippen molar-refractivity contribution in [3.63, 3.8) is 0 Å². The summed E-state index contributed by atoms with van der Waals surface area (Å²) in [7, 11) is -3.59. The van der Waals surface area contributed by atoms with Crippen LogP contribution in [0.3, 0.4) is 0 Å². The van der Waals surface area contributed by atoms with Gasteiger partial charge in [-0.3, -0.25) is 4.79 Å². The normalized spacial score (nSPS) is 16.0. The van der Waals surface area contributed by atoms with E-state index in [1.807, 2.05) is 0 Å². The third-order valence-electron chi connectivity index (χ3n) is 4.37. The molecule has 6 nitrogen and oxygen atoms in total. The quantitative estimate of drug-likeness (QED) is 0.667. The van der Waals surface area contributed by atoms with Crippen molar-refractivity contribution in [2.45, 2.75) is 49.8 Å². The van der Waals surface area contributed by atoms with Gasteiger partial charge >= 0.3 is 0 Å². The van der Waals surface area contributed by atoms with Crippen LogP contribution in [-0.4, -0.2) is 27.4 Å². The smallest absolute Gasteiger partial charge is 0.240 e. The molecule has 0 bridgehead atoms. The number of anilines is 1. The Morgan fingerprint density at radius 2 is 1.96 bits per heavy atom. The lowest BCUT2D eigenvalue weighted by molar-refractivity contribution is -0.116. The fourth-order valence-electron chi connectivity index (χ4n) is 3.05. The molecule has 1 aromatic rings. The van der Waals surface area contributed by atoms with Gasteiger partial charge in [-0.1, -0.05) is 38.2 Å². The first-order valence-electron chi connectivity index (χ1n) is 8.61. The predicted octanol–water partition coefficient (Wildman–Crippen LogP) is 2.22. The molecule has 0 unspecified atom stereocenters. The summed E-state index contributed by atoms with van der Waals surface area (Å²) >= 11 is 0. The molecule has 134 valence electrons. The Hall–Kier alpha value is -1.44. The zero-order valence-electron chi connectivity index (χ0n) is 14.0. The summed E-state index contributed by atoms with van der Waals surface area (Å²) < 4.78 is 26.6. The monoisotopic (exact) mass is 353 g/mol. The van der Waals surface area contributed by atoms with Crippen molar-refractivity contribution in [3.05, 3.63) is 24.3 Å². The Morgan fingerprint density at radius 3 is 2.67 bits per heavy atom. The molecule has 2 rings (SSSR count). The first-order chi connectivity index (χ1) is 11.5. The molecule has 0 aliphatic heterocycles. The van der Waals surface area contributed by atoms with Crippen molar-refractivity contribution >= 4 is 21.6 Å². The molecular weight excluding hydrogens is 326 g/mol. The first-order valence-corrected chi connectivity index (χ1v) is 10.1. The predicted molar refractivity (Wildman–Crippen MR) is 95.1 cm³/mol. The second-order valence-corrected chi connectivity index (χ2v) is 8.07. The van der Waals surface area contributed by atoms with Gasteiger partial charge in [0.15, 0.2) is 0 Å². The van der Waals surface area contributed by atoms with E-state index in [-0.39, 0.29) is 23.9 Å². The number of hydrogen-bond donors (Lipinski definition) is 3. The summed E-state index contributed by atoms with van der Waals surface area (Å²) in [4.78, 5) is 12.2. The SMILES string of the molecule is NCCNS(=O)(=O)c1cccc(NC(=O)CCC2CCCCC2)c1. The van der Waals surface area contributed by atoms with Gasteiger partial charge in [0.25, 0.3) is 0 Å². The van der Waals surface area contributed by atoms with Crippen LogP contribution >= 0.6 is 0 Å². The minimum absolute atomic E-state index is 0.0648. The maximum atomic E-state index is 12.1. The molecule has 24 heavy (non-hydrogen) atoms. The number of amides is 1. The zero-order chi connectivity index (χ0) is 17.4. The van der Waals surface area contributed by atoms with E-state index in [2.05, 4.69) is 10.0 Å². The van der Waals surface area contributed by atoms with Gasteiger partial charge in [-0.15, -0.1) is 0 Å². The molecular formula is C17H27N3O3S. The fourth-order valence-corrected chi connectivity index (χ4v) is 4.15. The minimum Gasteiger partial charge on any atom is -0.329 e. The zero-order valence-corrected chi connectivity index (χ0v) is 14.8. The van der Waals surface area contributed by atoms with Crippen molar-refractivity contribution in [2.75, 3.05) is 18.4 Å². The average Bonchev–Trinajstić information content (AvgIpc) is 2.59. The van der Waals surface area contributed by atoms with Crippen molar-refractivity contribution in [2.24, 2.45) is 11.7 Å². The highest BCUT2D eigenvalue weighted by molar-refractivity contribution is 7.89. The topological polar surface area (TPSA) is 101 Å². The highest BCUT2D eigenvalue weighted by Crippen LogP contribution is 2.27. The molecule has 0 aromatic heterocycles. The van der Waals surface area contributed by atoms with Crippen LogP contribution in [0.25, 0.3) is 0 Å². The molecule has 1 amide bonds. The Balaban J connectivity index is 1.90. The van der Waals surface area contributed by atoms with E-state index < -0.39 is 10.0 Å². The number of hydrogen-bond acceptors (Lipinski definition) is 4. The van der Waals surface area contributed by atoms with Crippen molar-refractivity contribution in [3.8, 4) is 0 Å².